The summed E-state index contributed by atoms with van der Waals surface area (Å²) in [5, 5.41) is 3.05. The van der Waals surface area contributed by atoms with Crippen molar-refractivity contribution in [3.8, 4) is 0 Å². The molecule has 1 unspecified atom stereocenters. The van der Waals surface area contributed by atoms with Crippen LogP contribution in [0.25, 0.3) is 0 Å². The van der Waals surface area contributed by atoms with Gasteiger partial charge in [0.15, 0.2) is 5.78 Å². The van der Waals surface area contributed by atoms with E-state index in [4.69, 9.17) is 0 Å². The van der Waals surface area contributed by atoms with Crippen LogP contribution < -0.4 is 5.32 Å². The standard InChI is InChI=1S/C21H23BrN2O2/c1-15(18-9-5-6-10-19(18)22)23-21(26)24-13-11-17(12-14-24)20(25)16-7-3-2-4-8-16/h2-10,15,17H,11-14H2,1H3,(H,23,26). The van der Waals surface area contributed by atoms with E-state index in [1.54, 1.807) is 0 Å². The topological polar surface area (TPSA) is 49.4 Å². The largest absolute Gasteiger partial charge is 0.331 e. The van der Waals surface area contributed by atoms with Gasteiger partial charge in [0.25, 0.3) is 0 Å². The Kier molecular flexibility index (Phi) is 6.09. The molecule has 1 fully saturated rings. The van der Waals surface area contributed by atoms with Crippen LogP contribution in [0.2, 0.25) is 0 Å². The lowest BCUT2D eigenvalue weighted by molar-refractivity contribution is 0.0853. The zero-order valence-electron chi connectivity index (χ0n) is 14.8. The molecule has 0 aliphatic carbocycles. The predicted molar refractivity (Wildman–Crippen MR) is 106 cm³/mol. The number of hydrogen-bond donors (Lipinski definition) is 1. The summed E-state index contributed by atoms with van der Waals surface area (Å²) in [6, 6.07) is 17.1. The molecule has 136 valence electrons. The SMILES string of the molecule is CC(NC(=O)N1CCC(C(=O)c2ccccc2)CC1)c1ccccc1Br. The zero-order valence-corrected chi connectivity index (χ0v) is 16.4. The minimum atomic E-state index is -0.0817. The lowest BCUT2D eigenvalue weighted by Gasteiger charge is -2.32. The first-order valence-electron chi connectivity index (χ1n) is 8.95. The first-order chi connectivity index (χ1) is 12.6. The van der Waals surface area contributed by atoms with Gasteiger partial charge in [-0.2, -0.15) is 0 Å². The van der Waals surface area contributed by atoms with Crippen molar-refractivity contribution in [3.63, 3.8) is 0 Å². The number of urea groups is 1. The molecule has 0 radical (unpaired) electrons. The molecule has 1 saturated heterocycles. The summed E-state index contributed by atoms with van der Waals surface area (Å²) in [4.78, 5) is 26.9. The summed E-state index contributed by atoms with van der Waals surface area (Å²) in [6.07, 6.45) is 1.43. The van der Waals surface area contributed by atoms with Crippen molar-refractivity contribution in [2.75, 3.05) is 13.1 Å². The maximum Gasteiger partial charge on any atom is 0.317 e. The molecule has 1 atom stereocenters. The number of nitrogens with zero attached hydrogens (tertiary/aromatic N) is 1. The van der Waals surface area contributed by atoms with Crippen molar-refractivity contribution in [3.05, 3.63) is 70.2 Å². The van der Waals surface area contributed by atoms with Gasteiger partial charge in [-0.3, -0.25) is 4.79 Å². The molecule has 3 rings (SSSR count). The first-order valence-corrected chi connectivity index (χ1v) is 9.74. The van der Waals surface area contributed by atoms with Crippen molar-refractivity contribution < 1.29 is 9.59 Å². The van der Waals surface area contributed by atoms with Gasteiger partial charge in [0.1, 0.15) is 0 Å². The third-order valence-corrected chi connectivity index (χ3v) is 5.65. The molecule has 1 aliphatic heterocycles. The third-order valence-electron chi connectivity index (χ3n) is 4.92. The maximum absolute atomic E-state index is 12.6. The summed E-state index contributed by atoms with van der Waals surface area (Å²) in [5.41, 5.74) is 1.81. The highest BCUT2D eigenvalue weighted by Gasteiger charge is 2.28. The molecule has 1 aliphatic rings. The van der Waals surface area contributed by atoms with E-state index in [1.807, 2.05) is 66.4 Å². The average Bonchev–Trinajstić information content (AvgIpc) is 2.68. The molecule has 0 bridgehead atoms. The molecule has 2 aromatic rings. The van der Waals surface area contributed by atoms with E-state index < -0.39 is 0 Å². The maximum atomic E-state index is 12.6. The van der Waals surface area contributed by atoms with Crippen LogP contribution in [0, 0.1) is 5.92 Å². The predicted octanol–water partition coefficient (Wildman–Crippen LogP) is 4.81. The number of halogens is 1. The third kappa shape index (κ3) is 4.33. The van der Waals surface area contributed by atoms with Crippen LogP contribution in [-0.4, -0.2) is 29.8 Å². The van der Waals surface area contributed by atoms with E-state index in [1.165, 1.54) is 0 Å². The van der Waals surface area contributed by atoms with Crippen LogP contribution in [0.1, 0.15) is 41.7 Å². The van der Waals surface area contributed by atoms with Gasteiger partial charge in [-0.25, -0.2) is 4.79 Å². The van der Waals surface area contributed by atoms with Crippen LogP contribution in [-0.2, 0) is 0 Å². The molecule has 1 heterocycles. The number of nitrogens with one attached hydrogen (secondary N) is 1. The number of hydrogen-bond acceptors (Lipinski definition) is 2. The summed E-state index contributed by atoms with van der Waals surface area (Å²) in [7, 11) is 0. The summed E-state index contributed by atoms with van der Waals surface area (Å²) in [6.45, 7) is 3.19. The lowest BCUT2D eigenvalue weighted by atomic mass is 9.89. The van der Waals surface area contributed by atoms with Crippen LogP contribution in [0.5, 0.6) is 0 Å². The molecule has 2 aromatic carbocycles. The van der Waals surface area contributed by atoms with Gasteiger partial charge in [0, 0.05) is 29.0 Å². The highest BCUT2D eigenvalue weighted by molar-refractivity contribution is 9.10. The Hall–Kier alpha value is -2.14. The number of Topliss-reactive ketones (excluding diaryl/α,β-unsaturated/α-hetero) is 1. The Morgan fingerprint density at radius 2 is 1.65 bits per heavy atom. The Morgan fingerprint density at radius 3 is 2.31 bits per heavy atom. The highest BCUT2D eigenvalue weighted by atomic mass is 79.9. The molecule has 5 heteroatoms. The second-order valence-corrected chi connectivity index (χ2v) is 7.54. The van der Waals surface area contributed by atoms with Gasteiger partial charge < -0.3 is 10.2 Å². The molecular weight excluding hydrogens is 392 g/mol. The first kappa shape index (κ1) is 18.6. The molecule has 2 amide bonds. The number of benzene rings is 2. The zero-order chi connectivity index (χ0) is 18.5. The van der Waals surface area contributed by atoms with Crippen LogP contribution in [0.4, 0.5) is 4.79 Å². The van der Waals surface area contributed by atoms with E-state index in [9.17, 15) is 9.59 Å². The number of carbonyl (C=O) groups excluding carboxylic acids is 2. The van der Waals surface area contributed by atoms with Gasteiger partial charge in [-0.15, -0.1) is 0 Å². The fourth-order valence-electron chi connectivity index (χ4n) is 3.36. The molecule has 26 heavy (non-hydrogen) atoms. The number of piperidine rings is 1. The van der Waals surface area contributed by atoms with Crippen LogP contribution >= 0.6 is 15.9 Å². The second-order valence-electron chi connectivity index (χ2n) is 6.68. The Balaban J connectivity index is 1.54. The van der Waals surface area contributed by atoms with E-state index in [0.717, 1.165) is 15.6 Å². The summed E-state index contributed by atoms with van der Waals surface area (Å²) >= 11 is 3.53. The summed E-state index contributed by atoms with van der Waals surface area (Å²) in [5.74, 6) is 0.189. The molecule has 0 aromatic heterocycles. The van der Waals surface area contributed by atoms with Gasteiger partial charge in [-0.05, 0) is 31.4 Å². The van der Waals surface area contributed by atoms with Crippen LogP contribution in [0.15, 0.2) is 59.1 Å². The average molecular weight is 415 g/mol. The Bertz CT molecular complexity index is 771. The van der Waals surface area contributed by atoms with Gasteiger partial charge in [0.2, 0.25) is 0 Å². The number of carbonyl (C=O) groups is 2. The van der Waals surface area contributed by atoms with Crippen molar-refractivity contribution in [2.45, 2.75) is 25.8 Å². The minimum absolute atomic E-state index is 0.00198. The molecule has 4 nitrogen and oxygen atoms in total. The van der Waals surface area contributed by atoms with Crippen LogP contribution in [0.3, 0.4) is 0 Å². The number of amides is 2. The van der Waals surface area contributed by atoms with Gasteiger partial charge in [0.05, 0.1) is 6.04 Å². The lowest BCUT2D eigenvalue weighted by Crippen LogP contribution is -2.46. The molecule has 1 N–H and O–H groups in total. The molecule has 0 saturated carbocycles. The Morgan fingerprint density at radius 1 is 1.04 bits per heavy atom. The van der Waals surface area contributed by atoms with Crippen molar-refractivity contribution in [1.29, 1.82) is 0 Å². The summed E-state index contributed by atoms with van der Waals surface area (Å²) < 4.78 is 0.986. The molecule has 0 spiro atoms. The normalized spacial score (nSPS) is 16.2. The van der Waals surface area contributed by atoms with Gasteiger partial charge in [-0.1, -0.05) is 64.5 Å². The van der Waals surface area contributed by atoms with Crippen molar-refractivity contribution >= 4 is 27.7 Å². The van der Waals surface area contributed by atoms with Crippen molar-refractivity contribution in [2.24, 2.45) is 5.92 Å². The fraction of sp³-hybridized carbons (Fsp3) is 0.333. The quantitative estimate of drug-likeness (QED) is 0.729. The van der Waals surface area contributed by atoms with Gasteiger partial charge >= 0.3 is 6.03 Å². The van der Waals surface area contributed by atoms with Crippen molar-refractivity contribution in [1.82, 2.24) is 10.2 Å². The smallest absolute Gasteiger partial charge is 0.317 e. The molecular formula is C21H23BrN2O2. The highest BCUT2D eigenvalue weighted by Crippen LogP contribution is 2.24. The number of rotatable bonds is 4. The number of likely N-dealkylation sites (tertiary alicyclic amines) is 1. The van der Waals surface area contributed by atoms with E-state index in [0.29, 0.717) is 25.9 Å². The fourth-order valence-corrected chi connectivity index (χ4v) is 3.99. The van der Waals surface area contributed by atoms with E-state index in [2.05, 4.69) is 21.2 Å². The minimum Gasteiger partial charge on any atom is -0.331 e. The second kappa shape index (κ2) is 8.49. The van der Waals surface area contributed by atoms with E-state index >= 15 is 0 Å². The Labute approximate surface area is 162 Å². The monoisotopic (exact) mass is 414 g/mol. The number of ketones is 1. The van der Waals surface area contributed by atoms with E-state index in [-0.39, 0.29) is 23.8 Å².